The Morgan fingerprint density at radius 2 is 1.82 bits per heavy atom. The van der Waals surface area contributed by atoms with Crippen LogP contribution in [0.25, 0.3) is 0 Å². The second-order valence-corrected chi connectivity index (χ2v) is 7.32. The van der Waals surface area contributed by atoms with Gasteiger partial charge in [-0.15, -0.1) is 0 Å². The number of halogens is 1. The monoisotopic (exact) mass is 382 g/mol. The molecule has 0 aromatic heterocycles. The van der Waals surface area contributed by atoms with Crippen molar-refractivity contribution >= 4 is 37.5 Å². The molecule has 0 aliphatic carbocycles. The lowest BCUT2D eigenvalue weighted by atomic mass is 10.1. The molecular weight excluding hydrogens is 368 g/mol. The summed E-state index contributed by atoms with van der Waals surface area (Å²) in [4.78, 5) is 12.0. The van der Waals surface area contributed by atoms with E-state index in [0.717, 1.165) is 10.0 Å². The molecule has 5 nitrogen and oxygen atoms in total. The minimum Gasteiger partial charge on any atom is -0.326 e. The Hall–Kier alpha value is -1.70. The van der Waals surface area contributed by atoms with Gasteiger partial charge in [-0.3, -0.25) is 4.79 Å². The van der Waals surface area contributed by atoms with Gasteiger partial charge in [0.1, 0.15) is 0 Å². The third kappa shape index (κ3) is 4.40. The topological polar surface area (TPSA) is 89.3 Å². The second kappa shape index (κ2) is 6.60. The number of hydrogen-bond acceptors (Lipinski definition) is 3. The van der Waals surface area contributed by atoms with E-state index in [2.05, 4.69) is 21.2 Å². The number of anilines is 1. The Balaban J connectivity index is 2.13. The van der Waals surface area contributed by atoms with Crippen molar-refractivity contribution < 1.29 is 13.2 Å². The normalized spacial score (nSPS) is 11.2. The maximum absolute atomic E-state index is 12.0. The van der Waals surface area contributed by atoms with Gasteiger partial charge in [-0.25, -0.2) is 13.6 Å². The predicted octanol–water partition coefficient (Wildman–Crippen LogP) is 2.59. The van der Waals surface area contributed by atoms with E-state index in [-0.39, 0.29) is 17.2 Å². The molecule has 3 N–H and O–H groups in total. The molecule has 0 radical (unpaired) electrons. The molecule has 7 heteroatoms. The van der Waals surface area contributed by atoms with E-state index in [4.69, 9.17) is 5.14 Å². The zero-order chi connectivity index (χ0) is 16.3. The highest BCUT2D eigenvalue weighted by atomic mass is 79.9. The first-order valence-corrected chi connectivity index (χ1v) is 8.77. The molecule has 0 bridgehead atoms. The average molecular weight is 383 g/mol. The van der Waals surface area contributed by atoms with Crippen molar-refractivity contribution in [3.8, 4) is 0 Å². The summed E-state index contributed by atoms with van der Waals surface area (Å²) >= 11 is 3.33. The number of nitrogens with one attached hydrogen (secondary N) is 1. The first kappa shape index (κ1) is 16.7. The molecule has 2 aromatic carbocycles. The molecule has 0 aliphatic rings. The highest BCUT2D eigenvalue weighted by molar-refractivity contribution is 9.10. The Kier molecular flexibility index (Phi) is 5.00. The number of sulfonamides is 1. The van der Waals surface area contributed by atoms with Gasteiger partial charge in [0.25, 0.3) is 0 Å². The molecule has 1 amide bonds. The van der Waals surface area contributed by atoms with Crippen molar-refractivity contribution in [1.82, 2.24) is 0 Å². The van der Waals surface area contributed by atoms with Crippen molar-refractivity contribution in [2.45, 2.75) is 18.2 Å². The van der Waals surface area contributed by atoms with Crippen LogP contribution >= 0.6 is 15.9 Å². The molecule has 22 heavy (non-hydrogen) atoms. The zero-order valence-corrected chi connectivity index (χ0v) is 14.2. The minimum atomic E-state index is -3.81. The summed E-state index contributed by atoms with van der Waals surface area (Å²) < 4.78 is 23.9. The van der Waals surface area contributed by atoms with E-state index >= 15 is 0 Å². The summed E-state index contributed by atoms with van der Waals surface area (Å²) in [5.41, 5.74) is 1.80. The van der Waals surface area contributed by atoms with Crippen molar-refractivity contribution in [3.63, 3.8) is 0 Å². The molecule has 116 valence electrons. The molecule has 2 rings (SSSR count). The molecule has 0 aliphatic heterocycles. The molecule has 0 fully saturated rings. The molecule has 2 aromatic rings. The van der Waals surface area contributed by atoms with E-state index < -0.39 is 10.0 Å². The molecule has 0 unspecified atom stereocenters. The van der Waals surface area contributed by atoms with E-state index in [0.29, 0.717) is 11.3 Å². The SMILES string of the molecule is Cc1ccc(NC(=O)Cc2ccc(Br)cc2)cc1S(N)(=O)=O. The van der Waals surface area contributed by atoms with Gasteiger partial charge in [-0.2, -0.15) is 0 Å². The second-order valence-electron chi connectivity index (χ2n) is 4.88. The van der Waals surface area contributed by atoms with Crippen LogP contribution in [-0.2, 0) is 21.2 Å². The molecule has 0 saturated carbocycles. The number of amides is 1. The van der Waals surface area contributed by atoms with Crippen LogP contribution < -0.4 is 10.5 Å². The van der Waals surface area contributed by atoms with Crippen LogP contribution in [-0.4, -0.2) is 14.3 Å². The summed E-state index contributed by atoms with van der Waals surface area (Å²) in [5, 5.41) is 7.82. The van der Waals surface area contributed by atoms with Crippen molar-refractivity contribution in [2.75, 3.05) is 5.32 Å². The van der Waals surface area contributed by atoms with Gasteiger partial charge in [-0.1, -0.05) is 34.1 Å². The highest BCUT2D eigenvalue weighted by Gasteiger charge is 2.13. The van der Waals surface area contributed by atoms with Crippen LogP contribution in [0, 0.1) is 6.92 Å². The smallest absolute Gasteiger partial charge is 0.238 e. The van der Waals surface area contributed by atoms with E-state index in [9.17, 15) is 13.2 Å². The Bertz CT molecular complexity index is 802. The predicted molar refractivity (Wildman–Crippen MR) is 89.0 cm³/mol. The number of carbonyl (C=O) groups is 1. The Morgan fingerprint density at radius 3 is 2.41 bits per heavy atom. The number of benzene rings is 2. The minimum absolute atomic E-state index is 0.00828. The van der Waals surface area contributed by atoms with Crippen LogP contribution in [0.1, 0.15) is 11.1 Å². The van der Waals surface area contributed by atoms with Crippen LogP contribution in [0.15, 0.2) is 51.8 Å². The summed E-state index contributed by atoms with van der Waals surface area (Å²) in [7, 11) is -3.81. The van der Waals surface area contributed by atoms with Gasteiger partial charge in [0.15, 0.2) is 0 Å². The zero-order valence-electron chi connectivity index (χ0n) is 11.8. The lowest BCUT2D eigenvalue weighted by Crippen LogP contribution is -2.17. The van der Waals surface area contributed by atoms with E-state index in [1.54, 1.807) is 19.1 Å². The number of nitrogens with two attached hydrogens (primary N) is 1. The molecule has 0 spiro atoms. The van der Waals surface area contributed by atoms with Gasteiger partial charge in [0, 0.05) is 10.2 Å². The standard InChI is InChI=1S/C15H15BrN2O3S/c1-10-2-7-13(9-14(10)22(17,20)21)18-15(19)8-11-3-5-12(16)6-4-11/h2-7,9H,8H2,1H3,(H,18,19)(H2,17,20,21). The lowest BCUT2D eigenvalue weighted by Gasteiger charge is -2.09. The largest absolute Gasteiger partial charge is 0.326 e. The highest BCUT2D eigenvalue weighted by Crippen LogP contribution is 2.19. The van der Waals surface area contributed by atoms with Crippen LogP contribution in [0.5, 0.6) is 0 Å². The van der Waals surface area contributed by atoms with Crippen LogP contribution in [0.4, 0.5) is 5.69 Å². The maximum Gasteiger partial charge on any atom is 0.238 e. The Labute approximate surface area is 137 Å². The lowest BCUT2D eigenvalue weighted by molar-refractivity contribution is -0.115. The fraction of sp³-hybridized carbons (Fsp3) is 0.133. The van der Waals surface area contributed by atoms with Gasteiger partial charge >= 0.3 is 0 Å². The number of aryl methyl sites for hydroxylation is 1. The number of hydrogen-bond donors (Lipinski definition) is 2. The fourth-order valence-electron chi connectivity index (χ4n) is 1.98. The third-order valence-corrected chi connectivity index (χ3v) is 4.64. The molecule has 0 heterocycles. The third-order valence-electron chi connectivity index (χ3n) is 3.06. The summed E-state index contributed by atoms with van der Waals surface area (Å²) in [5.74, 6) is -0.230. The number of primary sulfonamides is 1. The average Bonchev–Trinajstić information content (AvgIpc) is 2.42. The first-order chi connectivity index (χ1) is 10.3. The van der Waals surface area contributed by atoms with Gasteiger partial charge < -0.3 is 5.32 Å². The summed E-state index contributed by atoms with van der Waals surface area (Å²) in [6.45, 7) is 1.65. The summed E-state index contributed by atoms with van der Waals surface area (Å²) in [6, 6.07) is 12.0. The van der Waals surface area contributed by atoms with Crippen molar-refractivity contribution in [1.29, 1.82) is 0 Å². The first-order valence-electron chi connectivity index (χ1n) is 6.43. The van der Waals surface area contributed by atoms with Crippen LogP contribution in [0.2, 0.25) is 0 Å². The number of carbonyl (C=O) groups excluding carboxylic acids is 1. The Morgan fingerprint density at radius 1 is 1.18 bits per heavy atom. The molecular formula is C15H15BrN2O3S. The van der Waals surface area contributed by atoms with E-state index in [1.807, 2.05) is 24.3 Å². The van der Waals surface area contributed by atoms with Crippen molar-refractivity contribution in [2.24, 2.45) is 5.14 Å². The van der Waals surface area contributed by atoms with E-state index in [1.165, 1.54) is 6.07 Å². The van der Waals surface area contributed by atoms with Crippen molar-refractivity contribution in [3.05, 3.63) is 58.1 Å². The fourth-order valence-corrected chi connectivity index (χ4v) is 3.05. The quantitative estimate of drug-likeness (QED) is 0.851. The maximum atomic E-state index is 12.0. The van der Waals surface area contributed by atoms with Gasteiger partial charge in [0.2, 0.25) is 15.9 Å². The van der Waals surface area contributed by atoms with Crippen LogP contribution in [0.3, 0.4) is 0 Å². The van der Waals surface area contributed by atoms with Gasteiger partial charge in [0.05, 0.1) is 11.3 Å². The molecule has 0 atom stereocenters. The summed E-state index contributed by atoms with van der Waals surface area (Å²) in [6.07, 6.45) is 0.200. The molecule has 0 saturated heterocycles. The van der Waals surface area contributed by atoms with Gasteiger partial charge in [-0.05, 0) is 42.3 Å². The number of rotatable bonds is 4.